The number of halogens is 1. The van der Waals surface area contributed by atoms with Crippen molar-refractivity contribution in [2.75, 3.05) is 10.2 Å². The van der Waals surface area contributed by atoms with Gasteiger partial charge in [0.15, 0.2) is 5.82 Å². The number of anilines is 2. The summed E-state index contributed by atoms with van der Waals surface area (Å²) in [5.41, 5.74) is 2.48. The average molecular weight is 680 g/mol. The fourth-order valence-electron chi connectivity index (χ4n) is 4.41. The summed E-state index contributed by atoms with van der Waals surface area (Å²) < 4.78 is 12.5. The Labute approximate surface area is 279 Å². The third-order valence-electron chi connectivity index (χ3n) is 6.47. The predicted octanol–water partition coefficient (Wildman–Crippen LogP) is 9.16. The lowest BCUT2D eigenvalue weighted by Crippen LogP contribution is -2.37. The van der Waals surface area contributed by atoms with Gasteiger partial charge in [0.25, 0.3) is 5.91 Å². The number of carbonyl (C=O) groups excluding carboxylic acids is 3. The molecular weight excluding hydrogens is 646 g/mol. The maximum absolute atomic E-state index is 13.6. The largest absolute Gasteiger partial charge is 0.443 e. The first-order valence-corrected chi connectivity index (χ1v) is 16.5. The van der Waals surface area contributed by atoms with Crippen molar-refractivity contribution in [3.05, 3.63) is 80.6 Å². The number of amides is 2. The van der Waals surface area contributed by atoms with Gasteiger partial charge < -0.3 is 14.8 Å². The van der Waals surface area contributed by atoms with Gasteiger partial charge in [-0.3, -0.25) is 9.69 Å². The van der Waals surface area contributed by atoms with Crippen molar-refractivity contribution in [3.63, 3.8) is 0 Å². The number of ether oxygens (including phenoxy) is 2. The Morgan fingerprint density at radius 2 is 1.65 bits per heavy atom. The molecule has 2 aromatic carbocycles. The van der Waals surface area contributed by atoms with Gasteiger partial charge in [-0.05, 0) is 96.5 Å². The molecule has 5 rings (SSSR count). The highest BCUT2D eigenvalue weighted by Crippen LogP contribution is 2.33. The maximum atomic E-state index is 13.6. The molecule has 3 heterocycles. The fourth-order valence-corrected chi connectivity index (χ4v) is 6.04. The van der Waals surface area contributed by atoms with Crippen LogP contribution in [0.3, 0.4) is 0 Å². The lowest BCUT2D eigenvalue weighted by atomic mass is 10.2. The van der Waals surface area contributed by atoms with Crippen molar-refractivity contribution in [2.45, 2.75) is 66.2 Å². The quantitative estimate of drug-likeness (QED) is 0.190. The molecule has 0 aliphatic rings. The van der Waals surface area contributed by atoms with E-state index in [-0.39, 0.29) is 18.3 Å². The summed E-state index contributed by atoms with van der Waals surface area (Å²) in [7, 11) is 0. The summed E-state index contributed by atoms with van der Waals surface area (Å²) in [6.07, 6.45) is -1.39. The minimum atomic E-state index is -0.815. The molecule has 3 aromatic heterocycles. The molecule has 0 aliphatic heterocycles. The summed E-state index contributed by atoms with van der Waals surface area (Å²) in [6, 6.07) is 16.1. The molecule has 13 heteroatoms. The first-order chi connectivity index (χ1) is 21.6. The Kier molecular flexibility index (Phi) is 9.26. The SMILES string of the molecule is Cc1scnc1CN(C(=O)OC(C)(C)C)c1nn(C(=O)OC(C)(C)C)c2cc(NC(=O)c3ccc(-c4ccc(Cl)cc4)s3)ccc12. The van der Waals surface area contributed by atoms with Crippen LogP contribution in [-0.4, -0.2) is 44.1 Å². The van der Waals surface area contributed by atoms with E-state index in [4.69, 9.17) is 21.1 Å². The Morgan fingerprint density at radius 1 is 0.957 bits per heavy atom. The van der Waals surface area contributed by atoms with E-state index in [2.05, 4.69) is 15.4 Å². The molecule has 0 fully saturated rings. The van der Waals surface area contributed by atoms with E-state index in [0.717, 1.165) is 20.0 Å². The van der Waals surface area contributed by atoms with E-state index < -0.39 is 23.4 Å². The Morgan fingerprint density at radius 3 is 2.28 bits per heavy atom. The van der Waals surface area contributed by atoms with Gasteiger partial charge >= 0.3 is 12.2 Å². The maximum Gasteiger partial charge on any atom is 0.435 e. The topological polar surface area (TPSA) is 116 Å². The second-order valence-electron chi connectivity index (χ2n) is 12.5. The van der Waals surface area contributed by atoms with Crippen LogP contribution in [0.2, 0.25) is 5.02 Å². The number of aromatic nitrogens is 3. The first kappa shape index (κ1) is 33.1. The van der Waals surface area contributed by atoms with Crippen LogP contribution in [0.1, 0.15) is 61.8 Å². The third-order valence-corrected chi connectivity index (χ3v) is 8.65. The Hall–Kier alpha value is -4.26. The van der Waals surface area contributed by atoms with Gasteiger partial charge in [0, 0.05) is 25.9 Å². The van der Waals surface area contributed by atoms with Gasteiger partial charge in [0.05, 0.1) is 28.1 Å². The molecule has 240 valence electrons. The lowest BCUT2D eigenvalue weighted by molar-refractivity contribution is 0.0515. The number of nitrogens with zero attached hydrogens (tertiary/aromatic N) is 4. The van der Waals surface area contributed by atoms with Crippen LogP contribution in [0.25, 0.3) is 21.3 Å². The number of rotatable bonds is 6. The normalized spacial score (nSPS) is 11.8. The van der Waals surface area contributed by atoms with Gasteiger partial charge in [-0.2, -0.15) is 4.68 Å². The zero-order valence-electron chi connectivity index (χ0n) is 26.5. The fraction of sp³-hybridized carbons (Fsp3) is 0.303. The van der Waals surface area contributed by atoms with Gasteiger partial charge in [0.1, 0.15) is 11.2 Å². The van der Waals surface area contributed by atoms with Crippen LogP contribution < -0.4 is 10.2 Å². The highest BCUT2D eigenvalue weighted by molar-refractivity contribution is 7.17. The molecule has 0 aliphatic carbocycles. The van der Waals surface area contributed by atoms with Gasteiger partial charge in [-0.25, -0.2) is 14.6 Å². The standard InChI is InChI=1S/C33H34ClN5O5S2/c1-19-24(35-18-45-19)17-38(30(41)43-32(2,3)4)28-23-13-12-22(16-25(23)39(37-28)31(42)44-33(5,6)7)36-29(40)27-15-14-26(46-27)20-8-10-21(34)11-9-20/h8-16,18H,17H2,1-7H3,(H,36,40). The first-order valence-electron chi connectivity index (χ1n) is 14.4. The molecular formula is C33H34ClN5O5S2. The number of carbonyl (C=O) groups is 3. The molecule has 10 nitrogen and oxygen atoms in total. The van der Waals surface area contributed by atoms with Crippen LogP contribution in [0, 0.1) is 6.92 Å². The van der Waals surface area contributed by atoms with Gasteiger partial charge in [-0.15, -0.1) is 27.8 Å². The summed E-state index contributed by atoms with van der Waals surface area (Å²) in [5.74, 6) is -0.131. The molecule has 1 N–H and O–H groups in total. The van der Waals surface area contributed by atoms with Gasteiger partial charge in [0.2, 0.25) is 0 Å². The Balaban J connectivity index is 1.53. The van der Waals surface area contributed by atoms with E-state index in [9.17, 15) is 14.4 Å². The summed E-state index contributed by atoms with van der Waals surface area (Å²) in [5, 5.41) is 8.61. The lowest BCUT2D eigenvalue weighted by Gasteiger charge is -2.26. The average Bonchev–Trinajstić information content (AvgIpc) is 3.69. The van der Waals surface area contributed by atoms with Crippen molar-refractivity contribution in [1.82, 2.24) is 14.8 Å². The van der Waals surface area contributed by atoms with E-state index in [1.807, 2.05) is 25.1 Å². The second-order valence-corrected chi connectivity index (χ2v) is 15.1. The molecule has 0 atom stereocenters. The van der Waals surface area contributed by atoms with E-state index in [1.54, 1.807) is 83.5 Å². The monoisotopic (exact) mass is 679 g/mol. The summed E-state index contributed by atoms with van der Waals surface area (Å²) in [4.78, 5) is 48.4. The highest BCUT2D eigenvalue weighted by atomic mass is 35.5. The number of nitrogens with one attached hydrogen (secondary N) is 1. The van der Waals surface area contributed by atoms with Crippen molar-refractivity contribution in [2.24, 2.45) is 0 Å². The molecule has 0 bridgehead atoms. The number of benzene rings is 2. The molecule has 0 spiro atoms. The summed E-state index contributed by atoms with van der Waals surface area (Å²) in [6.45, 7) is 12.6. The van der Waals surface area contributed by atoms with Crippen LogP contribution in [-0.2, 0) is 16.0 Å². The number of thiophene rings is 1. The van der Waals surface area contributed by atoms with E-state index >= 15 is 0 Å². The van der Waals surface area contributed by atoms with E-state index in [0.29, 0.717) is 32.2 Å². The highest BCUT2D eigenvalue weighted by Gasteiger charge is 2.31. The van der Waals surface area contributed by atoms with Crippen LogP contribution in [0.4, 0.5) is 21.1 Å². The molecule has 0 unspecified atom stereocenters. The number of hydrogen-bond donors (Lipinski definition) is 1. The molecule has 2 amide bonds. The number of aryl methyl sites for hydroxylation is 1. The minimum absolute atomic E-state index is 0.0670. The third kappa shape index (κ3) is 7.75. The van der Waals surface area contributed by atoms with Crippen molar-refractivity contribution < 1.29 is 23.9 Å². The predicted molar refractivity (Wildman–Crippen MR) is 183 cm³/mol. The second kappa shape index (κ2) is 12.9. The van der Waals surface area contributed by atoms with Crippen LogP contribution in [0.15, 0.2) is 60.1 Å². The zero-order valence-corrected chi connectivity index (χ0v) is 28.9. The molecule has 0 saturated carbocycles. The molecule has 0 radical (unpaired) electrons. The minimum Gasteiger partial charge on any atom is -0.443 e. The van der Waals surface area contributed by atoms with E-state index in [1.165, 1.54) is 27.6 Å². The number of thiazole rings is 1. The smallest absolute Gasteiger partial charge is 0.435 e. The zero-order chi connectivity index (χ0) is 33.4. The summed E-state index contributed by atoms with van der Waals surface area (Å²) >= 11 is 8.83. The van der Waals surface area contributed by atoms with Crippen molar-refractivity contribution >= 4 is 74.8 Å². The van der Waals surface area contributed by atoms with Crippen molar-refractivity contribution in [3.8, 4) is 10.4 Å². The van der Waals surface area contributed by atoms with Crippen molar-refractivity contribution in [1.29, 1.82) is 0 Å². The number of hydrogen-bond acceptors (Lipinski definition) is 9. The number of fused-ring (bicyclic) bond motifs is 1. The Bertz CT molecular complexity index is 1910. The van der Waals surface area contributed by atoms with Crippen LogP contribution >= 0.6 is 34.3 Å². The van der Waals surface area contributed by atoms with Crippen LogP contribution in [0.5, 0.6) is 0 Å². The molecule has 5 aromatic rings. The molecule has 46 heavy (non-hydrogen) atoms. The molecule has 0 saturated heterocycles. The van der Waals surface area contributed by atoms with Gasteiger partial charge in [-0.1, -0.05) is 23.7 Å².